The Hall–Kier alpha value is -1.30. The van der Waals surface area contributed by atoms with Gasteiger partial charge in [-0.1, -0.05) is 0 Å². The number of nitrogens with zero attached hydrogens (tertiary/aromatic N) is 2. The fourth-order valence-corrected chi connectivity index (χ4v) is 3.10. The van der Waals surface area contributed by atoms with Crippen LogP contribution in [-0.4, -0.2) is 66.3 Å². The van der Waals surface area contributed by atoms with E-state index in [1.54, 1.807) is 12.0 Å². The second-order valence-electron chi connectivity index (χ2n) is 7.12. The molecule has 0 saturated carbocycles. The summed E-state index contributed by atoms with van der Waals surface area (Å²) in [5.74, 6) is 0.0325. The van der Waals surface area contributed by atoms with E-state index in [9.17, 15) is 9.59 Å². The average Bonchev–Trinajstić information content (AvgIpc) is 2.94. The molecule has 22 heavy (non-hydrogen) atoms. The lowest BCUT2D eigenvalue weighted by Gasteiger charge is -2.36. The largest absolute Gasteiger partial charge is 0.444 e. The third-order valence-electron chi connectivity index (χ3n) is 4.19. The molecule has 6 nitrogen and oxygen atoms in total. The molecule has 2 fully saturated rings. The smallest absolute Gasteiger partial charge is 0.410 e. The summed E-state index contributed by atoms with van der Waals surface area (Å²) in [5.41, 5.74) is -0.542. The Morgan fingerprint density at radius 3 is 2.41 bits per heavy atom. The van der Waals surface area contributed by atoms with Crippen molar-refractivity contribution in [2.75, 3.05) is 26.7 Å². The molecule has 2 atom stereocenters. The van der Waals surface area contributed by atoms with E-state index in [0.717, 1.165) is 25.8 Å². The van der Waals surface area contributed by atoms with E-state index < -0.39 is 5.60 Å². The fraction of sp³-hybridized carbons (Fsp3) is 0.875. The minimum atomic E-state index is -0.542. The number of amides is 2. The Morgan fingerprint density at radius 2 is 1.77 bits per heavy atom. The molecule has 0 aromatic heterocycles. The summed E-state index contributed by atoms with van der Waals surface area (Å²) in [5, 5.41) is 0. The lowest BCUT2D eigenvalue weighted by molar-refractivity contribution is -0.139. The van der Waals surface area contributed by atoms with Gasteiger partial charge >= 0.3 is 6.09 Å². The zero-order valence-corrected chi connectivity index (χ0v) is 14.1. The number of hydrogen-bond donors (Lipinski definition) is 0. The summed E-state index contributed by atoms with van der Waals surface area (Å²) in [6, 6.07) is -0.384. The topological polar surface area (TPSA) is 59.1 Å². The molecule has 126 valence electrons. The van der Waals surface area contributed by atoms with E-state index in [0.29, 0.717) is 19.5 Å². The highest BCUT2D eigenvalue weighted by Gasteiger charge is 2.39. The molecule has 2 amide bonds. The molecule has 2 aliphatic rings. The summed E-state index contributed by atoms with van der Waals surface area (Å²) in [4.78, 5) is 28.5. The Bertz CT molecular complexity index is 419. The minimum Gasteiger partial charge on any atom is -0.444 e. The van der Waals surface area contributed by atoms with Crippen LogP contribution in [-0.2, 0) is 14.3 Å². The molecule has 2 rings (SSSR count). The highest BCUT2D eigenvalue weighted by atomic mass is 16.6. The zero-order valence-electron chi connectivity index (χ0n) is 14.1. The van der Waals surface area contributed by atoms with Crippen LogP contribution in [0.3, 0.4) is 0 Å². The van der Waals surface area contributed by atoms with Crippen LogP contribution in [0.1, 0.15) is 46.5 Å². The maximum absolute atomic E-state index is 12.8. The van der Waals surface area contributed by atoms with Crippen molar-refractivity contribution >= 4 is 12.0 Å². The van der Waals surface area contributed by atoms with E-state index in [4.69, 9.17) is 9.47 Å². The minimum absolute atomic E-state index is 0.0325. The van der Waals surface area contributed by atoms with Crippen LogP contribution in [0.2, 0.25) is 0 Å². The van der Waals surface area contributed by atoms with Gasteiger partial charge in [0.2, 0.25) is 5.91 Å². The number of hydrogen-bond acceptors (Lipinski definition) is 4. The van der Waals surface area contributed by atoms with Gasteiger partial charge in [-0.25, -0.2) is 4.79 Å². The quantitative estimate of drug-likeness (QED) is 0.783. The standard InChI is InChI=1S/C16H28N2O4/c1-16(2,3)22-15(20)18-10-6-8-13(18)14(19)17-9-5-7-12(11-17)21-4/h12-13H,5-11H2,1-4H3. The summed E-state index contributed by atoms with van der Waals surface area (Å²) >= 11 is 0. The fourth-order valence-electron chi connectivity index (χ4n) is 3.10. The Balaban J connectivity index is 2.00. The first kappa shape index (κ1) is 17.1. The molecular formula is C16H28N2O4. The van der Waals surface area contributed by atoms with E-state index in [1.165, 1.54) is 0 Å². The monoisotopic (exact) mass is 312 g/mol. The van der Waals surface area contributed by atoms with Crippen molar-refractivity contribution in [3.05, 3.63) is 0 Å². The van der Waals surface area contributed by atoms with E-state index in [2.05, 4.69) is 0 Å². The van der Waals surface area contributed by atoms with Gasteiger partial charge in [-0.3, -0.25) is 9.69 Å². The van der Waals surface area contributed by atoms with Gasteiger partial charge in [-0.05, 0) is 46.5 Å². The second kappa shape index (κ2) is 6.86. The Morgan fingerprint density at radius 1 is 1.09 bits per heavy atom. The van der Waals surface area contributed by atoms with E-state index >= 15 is 0 Å². The predicted octanol–water partition coefficient (Wildman–Crippen LogP) is 2.02. The first-order valence-electron chi connectivity index (χ1n) is 8.13. The average molecular weight is 312 g/mol. The van der Waals surface area contributed by atoms with Gasteiger partial charge in [0, 0.05) is 26.7 Å². The molecule has 0 N–H and O–H groups in total. The summed E-state index contributed by atoms with van der Waals surface area (Å²) in [6.45, 7) is 7.47. The number of ether oxygens (including phenoxy) is 2. The van der Waals surface area contributed by atoms with Crippen molar-refractivity contribution in [3.63, 3.8) is 0 Å². The van der Waals surface area contributed by atoms with Gasteiger partial charge < -0.3 is 14.4 Å². The van der Waals surface area contributed by atoms with Crippen LogP contribution in [0, 0.1) is 0 Å². The number of rotatable bonds is 2. The van der Waals surface area contributed by atoms with E-state index in [-0.39, 0.29) is 24.1 Å². The molecule has 2 unspecified atom stereocenters. The van der Waals surface area contributed by atoms with Crippen LogP contribution in [0.4, 0.5) is 4.79 Å². The summed E-state index contributed by atoms with van der Waals surface area (Å²) < 4.78 is 10.8. The Labute approximate surface area is 132 Å². The van der Waals surface area contributed by atoms with Crippen molar-refractivity contribution in [3.8, 4) is 0 Å². The van der Waals surface area contributed by atoms with Crippen LogP contribution in [0.5, 0.6) is 0 Å². The molecule has 2 saturated heterocycles. The van der Waals surface area contributed by atoms with Crippen molar-refractivity contribution in [1.82, 2.24) is 9.80 Å². The van der Waals surface area contributed by atoms with Crippen molar-refractivity contribution in [2.45, 2.75) is 64.2 Å². The zero-order chi connectivity index (χ0) is 16.3. The maximum Gasteiger partial charge on any atom is 0.410 e. The van der Waals surface area contributed by atoms with Gasteiger partial charge in [0.15, 0.2) is 0 Å². The second-order valence-corrected chi connectivity index (χ2v) is 7.12. The number of piperidine rings is 1. The van der Waals surface area contributed by atoms with Crippen LogP contribution in [0.25, 0.3) is 0 Å². The number of carbonyl (C=O) groups excluding carboxylic acids is 2. The molecule has 0 aromatic carbocycles. The Kier molecular flexibility index (Phi) is 5.32. The first-order valence-corrected chi connectivity index (χ1v) is 8.13. The van der Waals surface area contributed by atoms with Gasteiger partial charge in [0.25, 0.3) is 0 Å². The number of carbonyl (C=O) groups is 2. The molecule has 0 radical (unpaired) electrons. The van der Waals surface area contributed by atoms with Crippen LogP contribution in [0.15, 0.2) is 0 Å². The summed E-state index contributed by atoms with van der Waals surface area (Å²) in [7, 11) is 1.68. The molecule has 0 aromatic rings. The molecule has 0 aliphatic carbocycles. The molecule has 6 heteroatoms. The number of likely N-dealkylation sites (tertiary alicyclic amines) is 2. The van der Waals surface area contributed by atoms with E-state index in [1.807, 2.05) is 25.7 Å². The van der Waals surface area contributed by atoms with Gasteiger partial charge in [0.1, 0.15) is 11.6 Å². The SMILES string of the molecule is COC1CCCN(C(=O)C2CCCN2C(=O)OC(C)(C)C)C1. The molecular weight excluding hydrogens is 284 g/mol. The maximum atomic E-state index is 12.8. The summed E-state index contributed by atoms with van der Waals surface area (Å²) in [6.07, 6.45) is 3.21. The molecule has 0 spiro atoms. The third kappa shape index (κ3) is 4.12. The van der Waals surface area contributed by atoms with Gasteiger partial charge in [-0.2, -0.15) is 0 Å². The van der Waals surface area contributed by atoms with Gasteiger partial charge in [0.05, 0.1) is 6.10 Å². The lowest BCUT2D eigenvalue weighted by Crippen LogP contribution is -2.52. The normalized spacial score (nSPS) is 26.2. The molecule has 2 heterocycles. The van der Waals surface area contributed by atoms with Crippen molar-refractivity contribution < 1.29 is 19.1 Å². The highest BCUT2D eigenvalue weighted by molar-refractivity contribution is 5.86. The first-order chi connectivity index (χ1) is 10.3. The van der Waals surface area contributed by atoms with Crippen molar-refractivity contribution in [1.29, 1.82) is 0 Å². The van der Waals surface area contributed by atoms with Gasteiger partial charge in [-0.15, -0.1) is 0 Å². The predicted molar refractivity (Wildman–Crippen MR) is 82.6 cm³/mol. The third-order valence-corrected chi connectivity index (χ3v) is 4.19. The van der Waals surface area contributed by atoms with Crippen LogP contribution < -0.4 is 0 Å². The number of methoxy groups -OCH3 is 1. The molecule has 2 aliphatic heterocycles. The van der Waals surface area contributed by atoms with Crippen LogP contribution >= 0.6 is 0 Å². The lowest BCUT2D eigenvalue weighted by atomic mass is 10.1. The highest BCUT2D eigenvalue weighted by Crippen LogP contribution is 2.24. The molecule has 0 bridgehead atoms. The van der Waals surface area contributed by atoms with Crippen molar-refractivity contribution in [2.24, 2.45) is 0 Å².